The van der Waals surface area contributed by atoms with E-state index in [0.29, 0.717) is 12.5 Å². The van der Waals surface area contributed by atoms with Gasteiger partial charge in [-0.15, -0.1) is 0 Å². The van der Waals surface area contributed by atoms with Crippen LogP contribution in [0.5, 0.6) is 0 Å². The largest absolute Gasteiger partial charge is 0.375 e. The molecule has 0 spiro atoms. The van der Waals surface area contributed by atoms with Gasteiger partial charge in [-0.25, -0.2) is 8.42 Å². The zero-order valence-electron chi connectivity index (χ0n) is 11.4. The quantitative estimate of drug-likeness (QED) is 0.732. The Bertz CT molecular complexity index is 313. The van der Waals surface area contributed by atoms with Crippen LogP contribution in [0.1, 0.15) is 26.2 Å². The molecule has 1 saturated heterocycles. The lowest BCUT2D eigenvalue weighted by molar-refractivity contribution is 0.0447. The van der Waals surface area contributed by atoms with Crippen LogP contribution in [-0.2, 0) is 14.6 Å². The van der Waals surface area contributed by atoms with Crippen LogP contribution in [0.3, 0.4) is 0 Å². The second-order valence-corrected chi connectivity index (χ2v) is 8.23. The molecule has 1 rings (SSSR count). The van der Waals surface area contributed by atoms with Gasteiger partial charge >= 0.3 is 0 Å². The predicted molar refractivity (Wildman–Crippen MR) is 78.1 cm³/mol. The Morgan fingerprint density at radius 2 is 2.28 bits per heavy atom. The highest BCUT2D eigenvalue weighted by atomic mass is 32.2. The lowest BCUT2D eigenvalue weighted by Crippen LogP contribution is -2.45. The van der Waals surface area contributed by atoms with Gasteiger partial charge in [-0.2, -0.15) is 11.8 Å². The van der Waals surface area contributed by atoms with Crippen molar-refractivity contribution in [3.05, 3.63) is 0 Å². The van der Waals surface area contributed by atoms with E-state index in [0.717, 1.165) is 37.5 Å². The average Bonchev–Trinajstić information content (AvgIpc) is 2.33. The smallest absolute Gasteiger partial charge is 0.147 e. The fourth-order valence-electron chi connectivity index (χ4n) is 2.05. The third kappa shape index (κ3) is 6.97. The van der Waals surface area contributed by atoms with Gasteiger partial charge in [0.05, 0.1) is 12.7 Å². The molecule has 0 aromatic carbocycles. The van der Waals surface area contributed by atoms with E-state index >= 15 is 0 Å². The number of nitrogens with one attached hydrogen (secondary N) is 1. The summed E-state index contributed by atoms with van der Waals surface area (Å²) in [7, 11) is -2.84. The van der Waals surface area contributed by atoms with E-state index in [9.17, 15) is 8.42 Å². The number of sulfone groups is 1. The van der Waals surface area contributed by atoms with Crippen LogP contribution in [0.2, 0.25) is 0 Å². The predicted octanol–water partition coefficient (Wildman–Crippen LogP) is 1.31. The molecule has 1 fully saturated rings. The molecule has 0 aromatic rings. The van der Waals surface area contributed by atoms with E-state index in [4.69, 9.17) is 4.74 Å². The van der Waals surface area contributed by atoms with Gasteiger partial charge in [-0.1, -0.05) is 6.92 Å². The molecule has 2 atom stereocenters. The van der Waals surface area contributed by atoms with Crippen molar-refractivity contribution in [1.82, 2.24) is 5.32 Å². The van der Waals surface area contributed by atoms with Crippen LogP contribution < -0.4 is 5.32 Å². The molecule has 0 aromatic heterocycles. The SMILES string of the molecule is CCCNC(CCCS(C)(=O)=O)C1CSCCO1. The third-order valence-electron chi connectivity index (χ3n) is 2.98. The van der Waals surface area contributed by atoms with Gasteiger partial charge in [0.15, 0.2) is 0 Å². The molecular weight excluding hydrogens is 270 g/mol. The van der Waals surface area contributed by atoms with Crippen LogP contribution in [0.25, 0.3) is 0 Å². The molecule has 1 N–H and O–H groups in total. The molecule has 1 heterocycles. The maximum atomic E-state index is 11.1. The maximum Gasteiger partial charge on any atom is 0.147 e. The molecule has 4 nitrogen and oxygen atoms in total. The first-order chi connectivity index (χ1) is 8.53. The molecule has 2 unspecified atom stereocenters. The van der Waals surface area contributed by atoms with E-state index in [1.165, 1.54) is 6.26 Å². The van der Waals surface area contributed by atoms with E-state index in [-0.39, 0.29) is 11.9 Å². The second kappa shape index (κ2) is 8.40. The van der Waals surface area contributed by atoms with Crippen molar-refractivity contribution in [2.75, 3.05) is 36.7 Å². The lowest BCUT2D eigenvalue weighted by atomic mass is 10.1. The fourth-order valence-corrected chi connectivity index (χ4v) is 3.69. The highest BCUT2D eigenvalue weighted by molar-refractivity contribution is 7.99. The van der Waals surface area contributed by atoms with E-state index in [1.807, 2.05) is 11.8 Å². The van der Waals surface area contributed by atoms with Crippen molar-refractivity contribution in [3.8, 4) is 0 Å². The van der Waals surface area contributed by atoms with E-state index < -0.39 is 9.84 Å². The summed E-state index contributed by atoms with van der Waals surface area (Å²) in [4.78, 5) is 0. The van der Waals surface area contributed by atoms with E-state index in [2.05, 4.69) is 12.2 Å². The summed E-state index contributed by atoms with van der Waals surface area (Å²) in [6.07, 6.45) is 4.20. The first-order valence-corrected chi connectivity index (χ1v) is 9.85. The van der Waals surface area contributed by atoms with Gasteiger partial charge in [-0.05, 0) is 25.8 Å². The minimum atomic E-state index is -2.84. The summed E-state index contributed by atoms with van der Waals surface area (Å²) in [5.74, 6) is 2.36. The summed E-state index contributed by atoms with van der Waals surface area (Å²) >= 11 is 1.92. The molecule has 0 radical (unpaired) electrons. The third-order valence-corrected chi connectivity index (χ3v) is 5.03. The van der Waals surface area contributed by atoms with Gasteiger partial charge in [0, 0.05) is 29.6 Å². The van der Waals surface area contributed by atoms with Gasteiger partial charge in [0.25, 0.3) is 0 Å². The first kappa shape index (κ1) is 16.3. The highest BCUT2D eigenvalue weighted by Gasteiger charge is 2.24. The number of rotatable bonds is 8. The van der Waals surface area contributed by atoms with Crippen molar-refractivity contribution < 1.29 is 13.2 Å². The van der Waals surface area contributed by atoms with Gasteiger partial charge in [0.1, 0.15) is 9.84 Å². The monoisotopic (exact) mass is 295 g/mol. The second-order valence-electron chi connectivity index (χ2n) is 4.82. The molecule has 18 heavy (non-hydrogen) atoms. The van der Waals surface area contributed by atoms with Crippen molar-refractivity contribution in [2.45, 2.75) is 38.3 Å². The van der Waals surface area contributed by atoms with Crippen LogP contribution in [0, 0.1) is 0 Å². The lowest BCUT2D eigenvalue weighted by Gasteiger charge is -2.31. The molecule has 0 saturated carbocycles. The molecule has 0 bridgehead atoms. The summed E-state index contributed by atoms with van der Waals surface area (Å²) in [5, 5.41) is 3.49. The Labute approximate surface area is 115 Å². The molecule has 6 heteroatoms. The zero-order chi connectivity index (χ0) is 13.4. The van der Waals surface area contributed by atoms with Gasteiger partial charge < -0.3 is 10.1 Å². The Kier molecular flexibility index (Phi) is 7.60. The fraction of sp³-hybridized carbons (Fsp3) is 1.00. The molecule has 108 valence electrons. The van der Waals surface area contributed by atoms with Crippen LogP contribution >= 0.6 is 11.8 Å². The molecule has 0 amide bonds. The number of hydrogen-bond acceptors (Lipinski definition) is 5. The topological polar surface area (TPSA) is 55.4 Å². The van der Waals surface area contributed by atoms with Crippen molar-refractivity contribution >= 4 is 21.6 Å². The van der Waals surface area contributed by atoms with Crippen molar-refractivity contribution in [2.24, 2.45) is 0 Å². The molecule has 1 aliphatic heterocycles. The normalized spacial score (nSPS) is 22.9. The zero-order valence-corrected chi connectivity index (χ0v) is 13.0. The van der Waals surface area contributed by atoms with E-state index in [1.54, 1.807) is 0 Å². The summed E-state index contributed by atoms with van der Waals surface area (Å²) in [6, 6.07) is 0.291. The Morgan fingerprint density at radius 3 is 2.83 bits per heavy atom. The Hall–Kier alpha value is 0.220. The van der Waals surface area contributed by atoms with Crippen molar-refractivity contribution in [1.29, 1.82) is 0 Å². The summed E-state index contributed by atoms with van der Waals surface area (Å²) < 4.78 is 28.1. The van der Waals surface area contributed by atoms with Crippen LogP contribution in [0.4, 0.5) is 0 Å². The molecule has 1 aliphatic rings. The van der Waals surface area contributed by atoms with Gasteiger partial charge in [-0.3, -0.25) is 0 Å². The van der Waals surface area contributed by atoms with Crippen molar-refractivity contribution in [3.63, 3.8) is 0 Å². The number of thioether (sulfide) groups is 1. The minimum absolute atomic E-state index is 0.231. The summed E-state index contributed by atoms with van der Waals surface area (Å²) in [5.41, 5.74) is 0. The first-order valence-electron chi connectivity index (χ1n) is 6.63. The Morgan fingerprint density at radius 1 is 1.50 bits per heavy atom. The highest BCUT2D eigenvalue weighted by Crippen LogP contribution is 2.18. The van der Waals surface area contributed by atoms with Crippen LogP contribution in [-0.4, -0.2) is 57.2 Å². The average molecular weight is 295 g/mol. The molecular formula is C12H25NO3S2. The van der Waals surface area contributed by atoms with Crippen LogP contribution in [0.15, 0.2) is 0 Å². The standard InChI is InChI=1S/C12H25NO3S2/c1-3-6-13-11(5-4-9-18(2,14)15)12-10-17-8-7-16-12/h11-13H,3-10H2,1-2H3. The number of hydrogen-bond donors (Lipinski definition) is 1. The minimum Gasteiger partial charge on any atom is -0.375 e. The summed E-state index contributed by atoms with van der Waals surface area (Å²) in [6.45, 7) is 3.91. The molecule has 0 aliphatic carbocycles. The maximum absolute atomic E-state index is 11.1. The van der Waals surface area contributed by atoms with Gasteiger partial charge in [0.2, 0.25) is 0 Å². The Balaban J connectivity index is 2.38. The number of ether oxygens (including phenoxy) is 1.